The molecular weight excluding hydrogens is 280 g/mol. The molecule has 1 aliphatic rings. The standard InChI is InChI=1S/C16H20N4O2/c1-20-9-13(14(10-20)22-2)19-16(21)12-6-4-3-5-11(12)15-17-7-8-18-15/h3-8,13-14H,9-10H2,1-2H3,(H,17,18)(H,19,21)/t13-,14-/m0/s1. The third-order valence-electron chi connectivity index (χ3n) is 3.99. The summed E-state index contributed by atoms with van der Waals surface area (Å²) in [4.78, 5) is 22.1. The minimum absolute atomic E-state index is 0.00726. The predicted molar refractivity (Wildman–Crippen MR) is 83.6 cm³/mol. The molecule has 1 amide bonds. The first-order valence-electron chi connectivity index (χ1n) is 7.30. The van der Waals surface area contributed by atoms with Gasteiger partial charge in [0.05, 0.1) is 17.7 Å². The van der Waals surface area contributed by atoms with Gasteiger partial charge >= 0.3 is 0 Å². The van der Waals surface area contributed by atoms with Crippen molar-refractivity contribution in [1.82, 2.24) is 20.2 Å². The van der Waals surface area contributed by atoms with Crippen LogP contribution in [0.4, 0.5) is 0 Å². The van der Waals surface area contributed by atoms with E-state index in [-0.39, 0.29) is 18.1 Å². The van der Waals surface area contributed by atoms with Crippen LogP contribution < -0.4 is 5.32 Å². The Labute approximate surface area is 129 Å². The van der Waals surface area contributed by atoms with Crippen LogP contribution >= 0.6 is 0 Å². The molecule has 1 aliphatic heterocycles. The number of carbonyl (C=O) groups excluding carboxylic acids is 1. The summed E-state index contributed by atoms with van der Waals surface area (Å²) in [5.74, 6) is 0.590. The van der Waals surface area contributed by atoms with Crippen molar-refractivity contribution in [2.24, 2.45) is 0 Å². The molecule has 1 aromatic heterocycles. The Morgan fingerprint density at radius 3 is 2.95 bits per heavy atom. The number of hydrogen-bond acceptors (Lipinski definition) is 4. The van der Waals surface area contributed by atoms with Crippen molar-refractivity contribution in [2.45, 2.75) is 12.1 Å². The molecule has 22 heavy (non-hydrogen) atoms. The Balaban J connectivity index is 1.81. The number of nitrogens with one attached hydrogen (secondary N) is 2. The molecular formula is C16H20N4O2. The summed E-state index contributed by atoms with van der Waals surface area (Å²) in [5, 5.41) is 3.08. The number of H-pyrrole nitrogens is 1. The second-order valence-electron chi connectivity index (χ2n) is 5.56. The number of benzene rings is 1. The van der Waals surface area contributed by atoms with Crippen LogP contribution in [0.15, 0.2) is 36.7 Å². The summed E-state index contributed by atoms with van der Waals surface area (Å²) in [5.41, 5.74) is 1.41. The summed E-state index contributed by atoms with van der Waals surface area (Å²) in [7, 11) is 3.70. The Morgan fingerprint density at radius 2 is 2.23 bits per heavy atom. The lowest BCUT2D eigenvalue weighted by Crippen LogP contribution is -2.43. The SMILES string of the molecule is CO[C@H]1CN(C)C[C@@H]1NC(=O)c1ccccc1-c1ncc[nH]1. The number of likely N-dealkylation sites (tertiary alicyclic amines) is 1. The van der Waals surface area contributed by atoms with E-state index >= 15 is 0 Å². The maximum atomic E-state index is 12.7. The van der Waals surface area contributed by atoms with Gasteiger partial charge in [-0.05, 0) is 13.1 Å². The smallest absolute Gasteiger partial charge is 0.252 e. The Kier molecular flexibility index (Phi) is 4.22. The fourth-order valence-electron chi connectivity index (χ4n) is 2.89. The van der Waals surface area contributed by atoms with E-state index in [0.29, 0.717) is 11.4 Å². The number of aromatic nitrogens is 2. The fourth-order valence-corrected chi connectivity index (χ4v) is 2.89. The molecule has 1 fully saturated rings. The van der Waals surface area contributed by atoms with Gasteiger partial charge < -0.3 is 19.9 Å². The number of aromatic amines is 1. The molecule has 0 aliphatic carbocycles. The summed E-state index contributed by atoms with van der Waals surface area (Å²) >= 11 is 0. The number of imidazole rings is 1. The van der Waals surface area contributed by atoms with Gasteiger partial charge in [0.1, 0.15) is 5.82 Å². The monoisotopic (exact) mass is 300 g/mol. The van der Waals surface area contributed by atoms with Gasteiger partial charge in [-0.2, -0.15) is 0 Å². The molecule has 1 saturated heterocycles. The number of rotatable bonds is 4. The number of carbonyl (C=O) groups is 1. The van der Waals surface area contributed by atoms with E-state index in [9.17, 15) is 4.79 Å². The third kappa shape index (κ3) is 2.88. The molecule has 2 heterocycles. The molecule has 0 radical (unpaired) electrons. The molecule has 0 bridgehead atoms. The first-order valence-corrected chi connectivity index (χ1v) is 7.30. The van der Waals surface area contributed by atoms with Gasteiger partial charge in [0, 0.05) is 38.2 Å². The second kappa shape index (κ2) is 6.29. The van der Waals surface area contributed by atoms with E-state index in [4.69, 9.17) is 4.74 Å². The van der Waals surface area contributed by atoms with Crippen LogP contribution in [0, 0.1) is 0 Å². The number of amides is 1. The summed E-state index contributed by atoms with van der Waals surface area (Å²) in [6.07, 6.45) is 3.44. The average Bonchev–Trinajstić information content (AvgIpc) is 3.16. The highest BCUT2D eigenvalue weighted by Gasteiger charge is 2.32. The maximum absolute atomic E-state index is 12.7. The van der Waals surface area contributed by atoms with E-state index in [1.165, 1.54) is 0 Å². The van der Waals surface area contributed by atoms with E-state index < -0.39 is 0 Å². The lowest BCUT2D eigenvalue weighted by molar-refractivity contribution is 0.0766. The average molecular weight is 300 g/mol. The van der Waals surface area contributed by atoms with Gasteiger partial charge in [-0.15, -0.1) is 0 Å². The maximum Gasteiger partial charge on any atom is 0.252 e. The van der Waals surface area contributed by atoms with Crippen LogP contribution in [-0.4, -0.2) is 60.2 Å². The summed E-state index contributed by atoms with van der Waals surface area (Å²) < 4.78 is 5.46. The van der Waals surface area contributed by atoms with Crippen molar-refractivity contribution in [1.29, 1.82) is 0 Å². The van der Waals surface area contributed by atoms with Crippen molar-refractivity contribution >= 4 is 5.91 Å². The van der Waals surface area contributed by atoms with Crippen LogP contribution in [-0.2, 0) is 4.74 Å². The van der Waals surface area contributed by atoms with E-state index in [1.54, 1.807) is 19.5 Å². The van der Waals surface area contributed by atoms with E-state index in [1.807, 2.05) is 31.3 Å². The first kappa shape index (κ1) is 14.7. The zero-order chi connectivity index (χ0) is 15.5. The van der Waals surface area contributed by atoms with Gasteiger partial charge in [-0.25, -0.2) is 4.98 Å². The number of likely N-dealkylation sites (N-methyl/N-ethyl adjacent to an activating group) is 1. The molecule has 0 spiro atoms. The topological polar surface area (TPSA) is 70.2 Å². The molecule has 2 N–H and O–H groups in total. The zero-order valence-corrected chi connectivity index (χ0v) is 12.7. The lowest BCUT2D eigenvalue weighted by atomic mass is 10.1. The summed E-state index contributed by atoms with van der Waals surface area (Å²) in [6.45, 7) is 1.61. The summed E-state index contributed by atoms with van der Waals surface area (Å²) in [6, 6.07) is 7.45. The van der Waals surface area contributed by atoms with Crippen LogP contribution in [0.3, 0.4) is 0 Å². The number of hydrogen-bond donors (Lipinski definition) is 2. The number of nitrogens with zero attached hydrogens (tertiary/aromatic N) is 2. The van der Waals surface area contributed by atoms with Crippen LogP contribution in [0.5, 0.6) is 0 Å². The zero-order valence-electron chi connectivity index (χ0n) is 12.7. The largest absolute Gasteiger partial charge is 0.378 e. The molecule has 0 saturated carbocycles. The minimum atomic E-state index is -0.102. The van der Waals surface area contributed by atoms with E-state index in [2.05, 4.69) is 20.2 Å². The Morgan fingerprint density at radius 1 is 1.41 bits per heavy atom. The highest BCUT2D eigenvalue weighted by Crippen LogP contribution is 2.20. The molecule has 116 valence electrons. The normalized spacial score (nSPS) is 21.9. The lowest BCUT2D eigenvalue weighted by Gasteiger charge is -2.19. The van der Waals surface area contributed by atoms with Crippen molar-refractivity contribution in [3.05, 3.63) is 42.2 Å². The second-order valence-corrected chi connectivity index (χ2v) is 5.56. The van der Waals surface area contributed by atoms with Gasteiger partial charge in [0.15, 0.2) is 0 Å². The number of ether oxygens (including phenoxy) is 1. The van der Waals surface area contributed by atoms with Crippen molar-refractivity contribution in [2.75, 3.05) is 27.2 Å². The van der Waals surface area contributed by atoms with Crippen molar-refractivity contribution in [3.8, 4) is 11.4 Å². The van der Waals surface area contributed by atoms with Crippen LogP contribution in [0.2, 0.25) is 0 Å². The van der Waals surface area contributed by atoms with Gasteiger partial charge in [-0.1, -0.05) is 18.2 Å². The van der Waals surface area contributed by atoms with Crippen molar-refractivity contribution in [3.63, 3.8) is 0 Å². The van der Waals surface area contributed by atoms with Gasteiger partial charge in [0.2, 0.25) is 0 Å². The minimum Gasteiger partial charge on any atom is -0.378 e. The fraction of sp³-hybridized carbons (Fsp3) is 0.375. The Bertz CT molecular complexity index is 641. The third-order valence-corrected chi connectivity index (χ3v) is 3.99. The molecule has 0 unspecified atom stereocenters. The molecule has 1 aromatic carbocycles. The predicted octanol–water partition coefficient (Wildman–Crippen LogP) is 1.14. The molecule has 6 nitrogen and oxygen atoms in total. The highest BCUT2D eigenvalue weighted by molar-refractivity contribution is 6.00. The van der Waals surface area contributed by atoms with Gasteiger partial charge in [0.25, 0.3) is 5.91 Å². The highest BCUT2D eigenvalue weighted by atomic mass is 16.5. The molecule has 2 aromatic rings. The molecule has 6 heteroatoms. The number of methoxy groups -OCH3 is 1. The quantitative estimate of drug-likeness (QED) is 0.888. The van der Waals surface area contributed by atoms with Gasteiger partial charge in [-0.3, -0.25) is 4.79 Å². The van der Waals surface area contributed by atoms with E-state index in [0.717, 1.165) is 18.7 Å². The van der Waals surface area contributed by atoms with Crippen LogP contribution in [0.25, 0.3) is 11.4 Å². The van der Waals surface area contributed by atoms with Crippen molar-refractivity contribution < 1.29 is 9.53 Å². The van der Waals surface area contributed by atoms with Crippen LogP contribution in [0.1, 0.15) is 10.4 Å². The molecule has 2 atom stereocenters. The Hall–Kier alpha value is -2.18. The molecule has 3 rings (SSSR count). The first-order chi connectivity index (χ1) is 10.7.